The Kier molecular flexibility index (Phi) is 3.65. The van der Waals surface area contributed by atoms with Crippen molar-refractivity contribution in [3.8, 4) is 0 Å². The van der Waals surface area contributed by atoms with Crippen LogP contribution in [0, 0.1) is 5.92 Å². The lowest BCUT2D eigenvalue weighted by Gasteiger charge is -2.21. The Morgan fingerprint density at radius 3 is 2.47 bits per heavy atom. The maximum Gasteiger partial charge on any atom is 0.0154 e. The Hall–Kier alpha value is -0.980. The van der Waals surface area contributed by atoms with Crippen molar-refractivity contribution in [2.75, 3.05) is 0 Å². The molecule has 0 amide bonds. The van der Waals surface area contributed by atoms with Gasteiger partial charge < -0.3 is 5.73 Å². The molecule has 0 aromatic rings. The fourth-order valence-corrected chi connectivity index (χ4v) is 2.57. The van der Waals surface area contributed by atoms with Crippen LogP contribution in [0.1, 0.15) is 44.9 Å². The minimum atomic E-state index is 0.937. The van der Waals surface area contributed by atoms with E-state index in [1.807, 2.05) is 0 Å². The summed E-state index contributed by atoms with van der Waals surface area (Å²) in [7, 11) is 0. The first kappa shape index (κ1) is 10.5. The topological polar surface area (TPSA) is 26.0 Å². The van der Waals surface area contributed by atoms with E-state index < -0.39 is 0 Å². The third kappa shape index (κ3) is 2.98. The van der Waals surface area contributed by atoms with Gasteiger partial charge in [0.1, 0.15) is 0 Å². The van der Waals surface area contributed by atoms with Gasteiger partial charge in [-0.1, -0.05) is 56.4 Å². The Labute approximate surface area is 92.7 Å². The molecular formula is C14H21N. The highest BCUT2D eigenvalue weighted by molar-refractivity contribution is 5.42. The summed E-state index contributed by atoms with van der Waals surface area (Å²) in [6.45, 7) is 0. The van der Waals surface area contributed by atoms with E-state index >= 15 is 0 Å². The molecule has 0 bridgehead atoms. The number of hydrogen-bond donors (Lipinski definition) is 1. The van der Waals surface area contributed by atoms with Crippen LogP contribution in [0.5, 0.6) is 0 Å². The van der Waals surface area contributed by atoms with Crippen LogP contribution in [0.4, 0.5) is 0 Å². The van der Waals surface area contributed by atoms with Crippen LogP contribution in [0.3, 0.4) is 0 Å². The van der Waals surface area contributed by atoms with Gasteiger partial charge >= 0.3 is 0 Å². The summed E-state index contributed by atoms with van der Waals surface area (Å²) in [4.78, 5) is 0. The van der Waals surface area contributed by atoms with E-state index in [-0.39, 0.29) is 0 Å². The van der Waals surface area contributed by atoms with E-state index in [0.717, 1.165) is 18.0 Å². The minimum Gasteiger partial charge on any atom is -0.402 e. The molecule has 1 saturated carbocycles. The van der Waals surface area contributed by atoms with Gasteiger partial charge in [0.05, 0.1) is 0 Å². The maximum atomic E-state index is 6.07. The first-order chi connectivity index (χ1) is 7.36. The highest BCUT2D eigenvalue weighted by Crippen LogP contribution is 2.28. The lowest BCUT2D eigenvalue weighted by Crippen LogP contribution is -2.09. The van der Waals surface area contributed by atoms with Crippen molar-refractivity contribution in [3.05, 3.63) is 35.6 Å². The highest BCUT2D eigenvalue weighted by Gasteiger charge is 2.13. The fraction of sp³-hybridized carbons (Fsp3) is 0.571. The Morgan fingerprint density at radius 1 is 1.13 bits per heavy atom. The van der Waals surface area contributed by atoms with Gasteiger partial charge in [-0.25, -0.2) is 0 Å². The van der Waals surface area contributed by atoms with Crippen LogP contribution in [0.2, 0.25) is 0 Å². The van der Waals surface area contributed by atoms with Crippen LogP contribution in [-0.2, 0) is 0 Å². The van der Waals surface area contributed by atoms with E-state index in [9.17, 15) is 0 Å². The molecule has 0 saturated heterocycles. The molecule has 0 unspecified atom stereocenters. The fourth-order valence-electron chi connectivity index (χ4n) is 2.57. The number of hydrogen-bond acceptors (Lipinski definition) is 1. The smallest absolute Gasteiger partial charge is 0.0154 e. The summed E-state index contributed by atoms with van der Waals surface area (Å²) in [5, 5.41) is 0. The van der Waals surface area contributed by atoms with E-state index in [4.69, 9.17) is 5.73 Å². The van der Waals surface area contributed by atoms with Crippen molar-refractivity contribution in [1.29, 1.82) is 0 Å². The molecule has 0 spiro atoms. The second kappa shape index (κ2) is 5.20. The summed E-state index contributed by atoms with van der Waals surface area (Å²) >= 11 is 0. The quantitative estimate of drug-likeness (QED) is 0.744. The van der Waals surface area contributed by atoms with E-state index in [2.05, 4.69) is 24.3 Å². The van der Waals surface area contributed by atoms with Gasteiger partial charge in [0, 0.05) is 5.70 Å². The average molecular weight is 203 g/mol. The molecule has 82 valence electrons. The zero-order valence-corrected chi connectivity index (χ0v) is 9.41. The van der Waals surface area contributed by atoms with E-state index in [0.29, 0.717) is 0 Å². The van der Waals surface area contributed by atoms with Gasteiger partial charge in [0.2, 0.25) is 0 Å². The molecular weight excluding hydrogens is 182 g/mol. The highest BCUT2D eigenvalue weighted by atomic mass is 14.6. The molecule has 2 N–H and O–H groups in total. The summed E-state index contributed by atoms with van der Waals surface area (Å²) in [6, 6.07) is 0. The first-order valence-corrected chi connectivity index (χ1v) is 6.19. The molecule has 0 radical (unpaired) electrons. The van der Waals surface area contributed by atoms with E-state index in [1.165, 1.54) is 44.1 Å². The van der Waals surface area contributed by atoms with Crippen molar-refractivity contribution in [2.45, 2.75) is 44.9 Å². The Morgan fingerprint density at radius 2 is 1.80 bits per heavy atom. The third-order valence-electron chi connectivity index (χ3n) is 3.58. The van der Waals surface area contributed by atoms with Gasteiger partial charge in [0.15, 0.2) is 0 Å². The summed E-state index contributed by atoms with van der Waals surface area (Å²) in [6.07, 6.45) is 17.9. The molecule has 0 aromatic carbocycles. The van der Waals surface area contributed by atoms with Crippen molar-refractivity contribution in [2.24, 2.45) is 11.7 Å². The predicted octanol–water partition coefficient (Wildman–Crippen LogP) is 3.69. The van der Waals surface area contributed by atoms with Crippen molar-refractivity contribution in [3.63, 3.8) is 0 Å². The SMILES string of the molecule is NC(CCC1CCCCC1)=C1C=CC=C1. The predicted molar refractivity (Wildman–Crippen MR) is 65.3 cm³/mol. The molecule has 2 aliphatic rings. The van der Waals surface area contributed by atoms with Crippen molar-refractivity contribution in [1.82, 2.24) is 0 Å². The minimum absolute atomic E-state index is 0.937. The molecule has 0 aliphatic heterocycles. The molecule has 2 aliphatic carbocycles. The number of allylic oxidation sites excluding steroid dienone is 6. The van der Waals surface area contributed by atoms with Gasteiger partial charge in [-0.2, -0.15) is 0 Å². The molecule has 1 fully saturated rings. The van der Waals surface area contributed by atoms with Gasteiger partial charge in [-0.3, -0.25) is 0 Å². The maximum absolute atomic E-state index is 6.07. The van der Waals surface area contributed by atoms with Crippen LogP contribution >= 0.6 is 0 Å². The van der Waals surface area contributed by atoms with Crippen LogP contribution in [-0.4, -0.2) is 0 Å². The number of nitrogens with two attached hydrogens (primary N) is 1. The first-order valence-electron chi connectivity index (χ1n) is 6.19. The molecule has 0 heterocycles. The largest absolute Gasteiger partial charge is 0.402 e. The number of rotatable bonds is 3. The van der Waals surface area contributed by atoms with Crippen LogP contribution < -0.4 is 5.73 Å². The third-order valence-corrected chi connectivity index (χ3v) is 3.58. The summed E-state index contributed by atoms with van der Waals surface area (Å²) in [5.74, 6) is 0.937. The lowest BCUT2D eigenvalue weighted by atomic mass is 9.85. The molecule has 1 heteroatoms. The summed E-state index contributed by atoms with van der Waals surface area (Å²) < 4.78 is 0. The van der Waals surface area contributed by atoms with Crippen molar-refractivity contribution < 1.29 is 0 Å². The van der Waals surface area contributed by atoms with Crippen LogP contribution in [0.15, 0.2) is 35.6 Å². The van der Waals surface area contributed by atoms with Gasteiger partial charge in [-0.05, 0) is 24.3 Å². The average Bonchev–Trinajstić information content (AvgIpc) is 2.81. The standard InChI is InChI=1S/C14H21N/c15-14(13-8-4-5-9-13)11-10-12-6-2-1-3-7-12/h4-5,8-9,12H,1-3,6-7,10-11,15H2. The van der Waals surface area contributed by atoms with E-state index in [1.54, 1.807) is 0 Å². The van der Waals surface area contributed by atoms with Crippen molar-refractivity contribution >= 4 is 0 Å². The Bertz CT molecular complexity index is 276. The molecule has 1 nitrogen and oxygen atoms in total. The molecule has 15 heavy (non-hydrogen) atoms. The molecule has 0 aromatic heterocycles. The summed E-state index contributed by atoms with van der Waals surface area (Å²) in [5.41, 5.74) is 8.38. The van der Waals surface area contributed by atoms with Crippen LogP contribution in [0.25, 0.3) is 0 Å². The van der Waals surface area contributed by atoms with Gasteiger partial charge in [0.25, 0.3) is 0 Å². The lowest BCUT2D eigenvalue weighted by molar-refractivity contribution is 0.338. The Balaban J connectivity index is 1.79. The van der Waals surface area contributed by atoms with Gasteiger partial charge in [-0.15, -0.1) is 0 Å². The second-order valence-electron chi connectivity index (χ2n) is 4.74. The molecule has 2 rings (SSSR count). The zero-order valence-electron chi connectivity index (χ0n) is 9.41. The monoisotopic (exact) mass is 203 g/mol. The normalized spacial score (nSPS) is 21.2. The molecule has 0 atom stereocenters. The zero-order chi connectivity index (χ0) is 10.5. The second-order valence-corrected chi connectivity index (χ2v) is 4.74.